The van der Waals surface area contributed by atoms with Gasteiger partial charge in [-0.15, -0.1) is 0 Å². The zero-order chi connectivity index (χ0) is 29.0. The Labute approximate surface area is 237 Å². The lowest BCUT2D eigenvalue weighted by atomic mass is 9.80. The maximum absolute atomic E-state index is 13.6. The molecule has 1 saturated heterocycles. The van der Waals surface area contributed by atoms with Crippen molar-refractivity contribution in [2.24, 2.45) is 5.92 Å². The van der Waals surface area contributed by atoms with E-state index in [-0.39, 0.29) is 31.0 Å². The first-order valence-electron chi connectivity index (χ1n) is 13.9. The zero-order valence-corrected chi connectivity index (χ0v) is 22.9. The van der Waals surface area contributed by atoms with Crippen LogP contribution in [0.15, 0.2) is 54.3 Å². The zero-order valence-electron chi connectivity index (χ0n) is 22.9. The number of fused-ring (bicyclic) bond motifs is 1. The highest BCUT2D eigenvalue weighted by Crippen LogP contribution is 2.41. The van der Waals surface area contributed by atoms with Gasteiger partial charge in [-0.1, -0.05) is 18.2 Å². The largest absolute Gasteiger partial charge is 0.459 e. The molecule has 0 spiro atoms. The number of hydrogen-bond acceptors (Lipinski definition) is 7. The number of piperazine rings is 1. The van der Waals surface area contributed by atoms with Crippen molar-refractivity contribution < 1.29 is 42.0 Å². The smallest absolute Gasteiger partial charge is 0.416 e. The molecule has 3 atom stereocenters. The molecule has 1 N–H and O–H groups in total. The standard InChI is InChI=1S/C30H35F3N2O6/c1-2-38-29-23(4-3-15-36)24(21-6-8-22(9-7-21)30(31,32)33)17-27(41-29)28(37)35-13-11-34(12-14-35)18-20-5-10-25-26(16-20)40-19-39-25/h5-10,16-17,23-24,29,36H,2-4,11-15,18-19H2,1H3/t23-,24+,29+/m1/s1. The topological polar surface area (TPSA) is 80.7 Å². The van der Waals surface area contributed by atoms with Crippen molar-refractivity contribution in [3.63, 3.8) is 0 Å². The van der Waals surface area contributed by atoms with Gasteiger partial charge in [0, 0.05) is 57.8 Å². The molecule has 0 unspecified atom stereocenters. The SMILES string of the molecule is CCO[C@H]1OC(C(=O)N2CCN(Cc3ccc4c(c3)OCO4)CC2)=C[C@@H](c2ccc(C(F)(F)F)cc2)[C@H]1CCCO. The van der Waals surface area contributed by atoms with Gasteiger partial charge in [0.1, 0.15) is 0 Å². The predicted molar refractivity (Wildman–Crippen MR) is 143 cm³/mol. The molecule has 222 valence electrons. The van der Waals surface area contributed by atoms with Crippen LogP contribution in [-0.2, 0) is 27.0 Å². The van der Waals surface area contributed by atoms with E-state index >= 15 is 0 Å². The summed E-state index contributed by atoms with van der Waals surface area (Å²) in [7, 11) is 0. The Balaban J connectivity index is 1.30. The first kappa shape index (κ1) is 29.2. The number of alkyl halides is 3. The first-order chi connectivity index (χ1) is 19.8. The summed E-state index contributed by atoms with van der Waals surface area (Å²) in [6.07, 6.45) is -2.52. The van der Waals surface area contributed by atoms with Crippen LogP contribution in [0.5, 0.6) is 11.5 Å². The van der Waals surface area contributed by atoms with E-state index in [0.717, 1.165) is 29.2 Å². The fourth-order valence-corrected chi connectivity index (χ4v) is 5.59. The second kappa shape index (κ2) is 12.7. The maximum Gasteiger partial charge on any atom is 0.416 e. The minimum absolute atomic E-state index is 0.0406. The Morgan fingerprint density at radius 2 is 1.78 bits per heavy atom. The summed E-state index contributed by atoms with van der Waals surface area (Å²) in [5, 5.41) is 9.46. The average molecular weight is 577 g/mol. The molecule has 0 bridgehead atoms. The van der Waals surface area contributed by atoms with Crippen LogP contribution < -0.4 is 9.47 Å². The van der Waals surface area contributed by atoms with Crippen LogP contribution in [0.3, 0.4) is 0 Å². The van der Waals surface area contributed by atoms with Gasteiger partial charge in [-0.05, 0) is 61.2 Å². The number of amides is 1. The number of carbonyl (C=O) groups excluding carboxylic acids is 1. The van der Waals surface area contributed by atoms with E-state index in [2.05, 4.69) is 4.90 Å². The van der Waals surface area contributed by atoms with Crippen molar-refractivity contribution >= 4 is 5.91 Å². The van der Waals surface area contributed by atoms with E-state index in [1.54, 1.807) is 11.0 Å². The van der Waals surface area contributed by atoms with Crippen LogP contribution in [0.2, 0.25) is 0 Å². The summed E-state index contributed by atoms with van der Waals surface area (Å²) in [6.45, 7) is 5.40. The van der Waals surface area contributed by atoms with E-state index in [1.165, 1.54) is 12.1 Å². The van der Waals surface area contributed by atoms with Crippen molar-refractivity contribution in [1.82, 2.24) is 9.80 Å². The molecule has 0 aliphatic carbocycles. The van der Waals surface area contributed by atoms with Crippen LogP contribution >= 0.6 is 0 Å². The third-order valence-corrected chi connectivity index (χ3v) is 7.75. The van der Waals surface area contributed by atoms with Gasteiger partial charge in [0.05, 0.1) is 5.56 Å². The maximum atomic E-state index is 13.6. The Bertz CT molecular complexity index is 1230. The molecule has 8 nitrogen and oxygen atoms in total. The Hall–Kier alpha value is -3.28. The number of carbonyl (C=O) groups is 1. The third kappa shape index (κ3) is 6.79. The number of rotatable bonds is 9. The van der Waals surface area contributed by atoms with Gasteiger partial charge in [-0.2, -0.15) is 13.2 Å². The quantitative estimate of drug-likeness (QED) is 0.470. The number of benzene rings is 2. The summed E-state index contributed by atoms with van der Waals surface area (Å²) in [6, 6.07) is 10.9. The lowest BCUT2D eigenvalue weighted by Crippen LogP contribution is -2.49. The van der Waals surface area contributed by atoms with Gasteiger partial charge in [0.15, 0.2) is 17.3 Å². The van der Waals surface area contributed by atoms with Crippen molar-refractivity contribution in [1.29, 1.82) is 0 Å². The van der Waals surface area contributed by atoms with Gasteiger partial charge < -0.3 is 29.0 Å². The monoisotopic (exact) mass is 576 g/mol. The lowest BCUT2D eigenvalue weighted by Gasteiger charge is -2.39. The number of halogens is 3. The lowest BCUT2D eigenvalue weighted by molar-refractivity contribution is -0.171. The summed E-state index contributed by atoms with van der Waals surface area (Å²) in [4.78, 5) is 17.6. The fraction of sp³-hybridized carbons (Fsp3) is 0.500. The molecule has 1 amide bonds. The van der Waals surface area contributed by atoms with Crippen LogP contribution in [0.25, 0.3) is 0 Å². The molecule has 41 heavy (non-hydrogen) atoms. The van der Waals surface area contributed by atoms with Crippen LogP contribution in [-0.4, -0.2) is 73.3 Å². The highest BCUT2D eigenvalue weighted by atomic mass is 19.4. The molecule has 0 radical (unpaired) electrons. The van der Waals surface area contributed by atoms with E-state index in [1.807, 2.05) is 25.1 Å². The summed E-state index contributed by atoms with van der Waals surface area (Å²) < 4.78 is 62.4. The molecule has 11 heteroatoms. The molecule has 1 fully saturated rings. The fourth-order valence-electron chi connectivity index (χ4n) is 5.59. The number of hydrogen-bond donors (Lipinski definition) is 1. The van der Waals surface area contributed by atoms with Gasteiger partial charge in [0.25, 0.3) is 5.91 Å². The third-order valence-electron chi connectivity index (χ3n) is 7.75. The highest BCUT2D eigenvalue weighted by Gasteiger charge is 2.39. The molecule has 5 rings (SSSR count). The highest BCUT2D eigenvalue weighted by molar-refractivity contribution is 5.92. The number of nitrogens with zero attached hydrogens (tertiary/aromatic N) is 2. The minimum Gasteiger partial charge on any atom is -0.459 e. The van der Waals surface area contributed by atoms with E-state index < -0.39 is 23.9 Å². The van der Waals surface area contributed by atoms with Crippen LogP contribution in [0.1, 0.15) is 42.4 Å². The first-order valence-corrected chi connectivity index (χ1v) is 13.9. The van der Waals surface area contributed by atoms with Gasteiger partial charge in [-0.3, -0.25) is 9.69 Å². The predicted octanol–water partition coefficient (Wildman–Crippen LogP) is 4.53. The van der Waals surface area contributed by atoms with E-state index in [4.69, 9.17) is 18.9 Å². The molecule has 0 aromatic heterocycles. The Morgan fingerprint density at radius 3 is 2.46 bits per heavy atom. The number of ether oxygens (including phenoxy) is 4. The molecule has 3 aliphatic heterocycles. The molecule has 0 saturated carbocycles. The van der Waals surface area contributed by atoms with Crippen molar-refractivity contribution in [2.45, 2.75) is 44.7 Å². The van der Waals surface area contributed by atoms with Crippen molar-refractivity contribution in [3.8, 4) is 11.5 Å². The number of aliphatic hydroxyl groups is 1. The molecule has 3 aliphatic rings. The molecular formula is C30H35F3N2O6. The molecular weight excluding hydrogens is 541 g/mol. The summed E-state index contributed by atoms with van der Waals surface area (Å²) in [5.41, 5.74) is 0.994. The van der Waals surface area contributed by atoms with Crippen LogP contribution in [0, 0.1) is 5.92 Å². The second-order valence-corrected chi connectivity index (χ2v) is 10.4. The van der Waals surface area contributed by atoms with Gasteiger partial charge >= 0.3 is 6.18 Å². The van der Waals surface area contributed by atoms with Gasteiger partial charge in [-0.25, -0.2) is 0 Å². The summed E-state index contributed by atoms with van der Waals surface area (Å²) >= 11 is 0. The Morgan fingerprint density at radius 1 is 1.05 bits per heavy atom. The van der Waals surface area contributed by atoms with Crippen molar-refractivity contribution in [2.75, 3.05) is 46.2 Å². The van der Waals surface area contributed by atoms with E-state index in [0.29, 0.717) is 57.7 Å². The molecule has 3 heterocycles. The van der Waals surface area contributed by atoms with Crippen molar-refractivity contribution in [3.05, 3.63) is 71.0 Å². The Kier molecular flexibility index (Phi) is 9.06. The molecule has 2 aromatic carbocycles. The normalized spacial score (nSPS) is 22.8. The number of aliphatic hydroxyl groups excluding tert-OH is 1. The molecule has 2 aromatic rings. The van der Waals surface area contributed by atoms with Crippen LogP contribution in [0.4, 0.5) is 13.2 Å². The number of allylic oxidation sites excluding steroid dienone is 1. The average Bonchev–Trinajstić information content (AvgIpc) is 3.44. The van der Waals surface area contributed by atoms with E-state index in [9.17, 15) is 23.1 Å². The van der Waals surface area contributed by atoms with Gasteiger partial charge in [0.2, 0.25) is 13.1 Å². The summed E-state index contributed by atoms with van der Waals surface area (Å²) in [5.74, 6) is 0.645. The minimum atomic E-state index is -4.44. The second-order valence-electron chi connectivity index (χ2n) is 10.4.